The number of para-hydroxylation sites is 2. The molecule has 0 spiro atoms. The van der Waals surface area contributed by atoms with Gasteiger partial charge < -0.3 is 15.4 Å². The van der Waals surface area contributed by atoms with Crippen molar-refractivity contribution in [2.75, 3.05) is 5.32 Å². The predicted molar refractivity (Wildman–Crippen MR) is 138 cm³/mol. The van der Waals surface area contributed by atoms with E-state index >= 15 is 0 Å². The van der Waals surface area contributed by atoms with Crippen molar-refractivity contribution in [3.63, 3.8) is 0 Å². The van der Waals surface area contributed by atoms with Crippen LogP contribution >= 0.6 is 15.9 Å². The van der Waals surface area contributed by atoms with Crippen molar-refractivity contribution in [3.8, 4) is 11.5 Å². The minimum Gasteiger partial charge on any atom is -0.456 e. The number of hydrogen-bond acceptors (Lipinski definition) is 3. The maximum Gasteiger partial charge on any atom is 0.272 e. The maximum absolute atomic E-state index is 13.0. The van der Waals surface area contributed by atoms with E-state index in [0.717, 1.165) is 10.0 Å². The standard InChI is InChI=1S/C28H21BrN2O3/c29-24-13-7-8-14-26(24)34-23-17-15-20(16-18-23)19-25(28(33)30-22-11-5-2-6-12-22)31-27(32)21-9-3-1-4-10-21/h1-19H,(H,30,33)(H,31,32)/b25-19+. The lowest BCUT2D eigenvalue weighted by Gasteiger charge is -2.12. The largest absolute Gasteiger partial charge is 0.456 e. The Morgan fingerprint density at radius 3 is 2.03 bits per heavy atom. The summed E-state index contributed by atoms with van der Waals surface area (Å²) >= 11 is 3.47. The number of anilines is 1. The van der Waals surface area contributed by atoms with Gasteiger partial charge in [0.05, 0.1) is 4.47 Å². The van der Waals surface area contributed by atoms with E-state index in [1.807, 2.05) is 60.7 Å². The minimum atomic E-state index is -0.427. The van der Waals surface area contributed by atoms with Crippen molar-refractivity contribution < 1.29 is 14.3 Å². The highest BCUT2D eigenvalue weighted by atomic mass is 79.9. The first-order chi connectivity index (χ1) is 16.6. The molecule has 2 amide bonds. The molecule has 0 saturated carbocycles. The lowest BCUT2D eigenvalue weighted by atomic mass is 10.1. The number of carbonyl (C=O) groups excluding carboxylic acids is 2. The third kappa shape index (κ3) is 6.21. The summed E-state index contributed by atoms with van der Waals surface area (Å²) in [7, 11) is 0. The van der Waals surface area contributed by atoms with Crippen molar-refractivity contribution in [1.29, 1.82) is 0 Å². The first-order valence-electron chi connectivity index (χ1n) is 10.6. The molecule has 4 rings (SSSR count). The molecule has 0 atom stereocenters. The zero-order chi connectivity index (χ0) is 23.8. The molecular weight excluding hydrogens is 492 g/mol. The molecule has 4 aromatic rings. The Balaban J connectivity index is 1.56. The van der Waals surface area contributed by atoms with E-state index in [-0.39, 0.29) is 11.6 Å². The molecule has 4 aromatic carbocycles. The van der Waals surface area contributed by atoms with Crippen LogP contribution in [0.3, 0.4) is 0 Å². The second kappa shape index (κ2) is 11.1. The number of carbonyl (C=O) groups is 2. The summed E-state index contributed by atoms with van der Waals surface area (Å²) in [5.74, 6) is 0.546. The molecule has 0 radical (unpaired) electrons. The monoisotopic (exact) mass is 512 g/mol. The topological polar surface area (TPSA) is 67.4 Å². The van der Waals surface area contributed by atoms with Gasteiger partial charge in [-0.1, -0.05) is 60.7 Å². The van der Waals surface area contributed by atoms with E-state index in [1.165, 1.54) is 0 Å². The minimum absolute atomic E-state index is 0.122. The highest BCUT2D eigenvalue weighted by molar-refractivity contribution is 9.10. The Morgan fingerprint density at radius 1 is 0.735 bits per heavy atom. The van der Waals surface area contributed by atoms with Crippen LogP contribution < -0.4 is 15.4 Å². The lowest BCUT2D eigenvalue weighted by molar-refractivity contribution is -0.113. The van der Waals surface area contributed by atoms with Gasteiger partial charge in [-0.15, -0.1) is 0 Å². The SMILES string of the molecule is O=C(Nc1ccccc1)/C(=C\c1ccc(Oc2ccccc2Br)cc1)NC(=O)c1ccccc1. The van der Waals surface area contributed by atoms with Crippen LogP contribution in [-0.4, -0.2) is 11.8 Å². The molecule has 34 heavy (non-hydrogen) atoms. The summed E-state index contributed by atoms with van der Waals surface area (Å²) in [4.78, 5) is 25.7. The smallest absolute Gasteiger partial charge is 0.272 e. The van der Waals surface area contributed by atoms with Gasteiger partial charge in [0.15, 0.2) is 0 Å². The van der Waals surface area contributed by atoms with Gasteiger partial charge in [0.25, 0.3) is 11.8 Å². The molecule has 0 unspecified atom stereocenters. The highest BCUT2D eigenvalue weighted by Gasteiger charge is 2.15. The van der Waals surface area contributed by atoms with Crippen LogP contribution in [0, 0.1) is 0 Å². The summed E-state index contributed by atoms with van der Waals surface area (Å²) in [6.45, 7) is 0. The first-order valence-corrected chi connectivity index (χ1v) is 11.3. The van der Waals surface area contributed by atoms with E-state index in [2.05, 4.69) is 26.6 Å². The van der Waals surface area contributed by atoms with E-state index < -0.39 is 5.91 Å². The molecule has 0 bridgehead atoms. The summed E-state index contributed by atoms with van der Waals surface area (Å²) in [5, 5.41) is 5.55. The average Bonchev–Trinajstić information content (AvgIpc) is 2.87. The summed E-state index contributed by atoms with van der Waals surface area (Å²) in [6, 6.07) is 32.6. The van der Waals surface area contributed by atoms with Gasteiger partial charge in [-0.3, -0.25) is 9.59 Å². The van der Waals surface area contributed by atoms with E-state index in [0.29, 0.717) is 22.7 Å². The molecule has 0 aliphatic carbocycles. The van der Waals surface area contributed by atoms with Crippen LogP contribution in [0.15, 0.2) is 119 Å². The summed E-state index contributed by atoms with van der Waals surface area (Å²) in [6.07, 6.45) is 1.63. The van der Waals surface area contributed by atoms with Crippen LogP contribution in [0.1, 0.15) is 15.9 Å². The summed E-state index contributed by atoms with van der Waals surface area (Å²) in [5.41, 5.74) is 1.94. The highest BCUT2D eigenvalue weighted by Crippen LogP contribution is 2.29. The number of nitrogens with one attached hydrogen (secondary N) is 2. The Hall–Kier alpha value is -4.16. The van der Waals surface area contributed by atoms with Crippen molar-refractivity contribution in [1.82, 2.24) is 5.32 Å². The molecule has 5 nitrogen and oxygen atoms in total. The molecule has 0 aliphatic rings. The van der Waals surface area contributed by atoms with Gasteiger partial charge in [0.1, 0.15) is 17.2 Å². The fraction of sp³-hybridized carbons (Fsp3) is 0. The Kier molecular flexibility index (Phi) is 7.53. The van der Waals surface area contributed by atoms with E-state index in [1.54, 1.807) is 54.6 Å². The molecule has 6 heteroatoms. The molecular formula is C28H21BrN2O3. The maximum atomic E-state index is 13.0. The van der Waals surface area contributed by atoms with E-state index in [4.69, 9.17) is 4.74 Å². The van der Waals surface area contributed by atoms with Crippen molar-refractivity contribution in [3.05, 3.63) is 130 Å². The van der Waals surface area contributed by atoms with Gasteiger partial charge in [-0.25, -0.2) is 0 Å². The fourth-order valence-electron chi connectivity index (χ4n) is 3.12. The van der Waals surface area contributed by atoms with Crippen LogP contribution in [0.5, 0.6) is 11.5 Å². The number of hydrogen-bond donors (Lipinski definition) is 2. The second-order valence-electron chi connectivity index (χ2n) is 7.30. The van der Waals surface area contributed by atoms with Crippen LogP contribution in [0.4, 0.5) is 5.69 Å². The predicted octanol–water partition coefficient (Wildman–Crippen LogP) is 6.65. The zero-order valence-corrected chi connectivity index (χ0v) is 19.7. The molecule has 0 saturated heterocycles. The summed E-state index contributed by atoms with van der Waals surface area (Å²) < 4.78 is 6.75. The molecule has 0 heterocycles. The van der Waals surface area contributed by atoms with Crippen molar-refractivity contribution in [2.45, 2.75) is 0 Å². The normalized spacial score (nSPS) is 10.9. The number of amides is 2. The van der Waals surface area contributed by atoms with Gasteiger partial charge in [0.2, 0.25) is 0 Å². The van der Waals surface area contributed by atoms with Gasteiger partial charge in [0, 0.05) is 11.3 Å². The van der Waals surface area contributed by atoms with Crippen LogP contribution in [-0.2, 0) is 4.79 Å². The molecule has 0 fully saturated rings. The third-order valence-corrected chi connectivity index (χ3v) is 5.47. The molecule has 168 valence electrons. The molecule has 2 N–H and O–H groups in total. The van der Waals surface area contributed by atoms with Crippen LogP contribution in [0.25, 0.3) is 6.08 Å². The third-order valence-electron chi connectivity index (χ3n) is 4.82. The molecule has 0 aliphatic heterocycles. The van der Waals surface area contributed by atoms with Crippen molar-refractivity contribution >= 4 is 39.5 Å². The van der Waals surface area contributed by atoms with Gasteiger partial charge in [-0.2, -0.15) is 0 Å². The number of halogens is 1. The Morgan fingerprint density at radius 2 is 1.35 bits per heavy atom. The Labute approximate surface area is 206 Å². The van der Waals surface area contributed by atoms with Gasteiger partial charge >= 0.3 is 0 Å². The first kappa shape index (κ1) is 23.0. The number of rotatable bonds is 7. The van der Waals surface area contributed by atoms with Gasteiger partial charge in [-0.05, 0) is 76.1 Å². The second-order valence-corrected chi connectivity index (χ2v) is 8.15. The quantitative estimate of drug-likeness (QED) is 0.272. The van der Waals surface area contributed by atoms with E-state index in [9.17, 15) is 9.59 Å². The molecule has 0 aromatic heterocycles. The average molecular weight is 513 g/mol. The zero-order valence-electron chi connectivity index (χ0n) is 18.1. The van der Waals surface area contributed by atoms with Crippen molar-refractivity contribution in [2.24, 2.45) is 0 Å². The lowest BCUT2D eigenvalue weighted by Crippen LogP contribution is -2.30. The number of ether oxygens (including phenoxy) is 1. The van der Waals surface area contributed by atoms with Crippen LogP contribution in [0.2, 0.25) is 0 Å². The fourth-order valence-corrected chi connectivity index (χ4v) is 3.48. The Bertz CT molecular complexity index is 1300. The number of benzene rings is 4.